The maximum absolute atomic E-state index is 14.6. The van der Waals surface area contributed by atoms with Gasteiger partial charge in [0.1, 0.15) is 23.3 Å². The average Bonchev–Trinajstić information content (AvgIpc) is 3.00. The van der Waals surface area contributed by atoms with Crippen LogP contribution in [0.4, 0.5) is 10.1 Å². The van der Waals surface area contributed by atoms with Gasteiger partial charge in [-0.3, -0.25) is 14.5 Å². The molecule has 8 nitrogen and oxygen atoms in total. The summed E-state index contributed by atoms with van der Waals surface area (Å²) >= 11 is 6.63. The first kappa shape index (κ1) is 28.9. The van der Waals surface area contributed by atoms with Crippen molar-refractivity contribution in [2.45, 2.75) is 18.3 Å². The molecule has 2 aliphatic rings. The summed E-state index contributed by atoms with van der Waals surface area (Å²) in [5.41, 5.74) is 8.60. The van der Waals surface area contributed by atoms with E-state index in [0.29, 0.717) is 22.6 Å². The lowest BCUT2D eigenvalue weighted by Crippen LogP contribution is -2.46. The normalized spacial score (nSPS) is 20.3. The molecule has 3 atom stereocenters. The van der Waals surface area contributed by atoms with Gasteiger partial charge in [0.25, 0.3) is 0 Å². The van der Waals surface area contributed by atoms with E-state index in [4.69, 9.17) is 31.5 Å². The van der Waals surface area contributed by atoms with E-state index in [1.807, 2.05) is 0 Å². The van der Waals surface area contributed by atoms with Crippen LogP contribution >= 0.6 is 11.6 Å². The van der Waals surface area contributed by atoms with Gasteiger partial charge in [-0.2, -0.15) is 0 Å². The lowest BCUT2D eigenvalue weighted by molar-refractivity contribution is -0.150. The highest BCUT2D eigenvalue weighted by atomic mass is 35.5. The number of Topliss-reactive ketones (excluding diaryl/α,β-unsaturated/α-hetero) is 1. The van der Waals surface area contributed by atoms with Gasteiger partial charge < -0.3 is 19.9 Å². The van der Waals surface area contributed by atoms with E-state index in [1.54, 1.807) is 54.6 Å². The molecule has 216 valence electrons. The van der Waals surface area contributed by atoms with Crippen molar-refractivity contribution >= 4 is 35.0 Å². The van der Waals surface area contributed by atoms with Crippen molar-refractivity contribution in [3.05, 3.63) is 117 Å². The van der Waals surface area contributed by atoms with Crippen molar-refractivity contribution in [1.82, 2.24) is 0 Å². The molecule has 42 heavy (non-hydrogen) atoms. The number of ether oxygens (including phenoxy) is 3. The maximum atomic E-state index is 14.6. The Bertz CT molecular complexity index is 1630. The molecule has 2 N–H and O–H groups in total. The van der Waals surface area contributed by atoms with Crippen LogP contribution < -0.4 is 15.4 Å². The second kappa shape index (κ2) is 11.7. The SMILES string of the molecule is COC(=O)C1=C(N)N(c2cccc(F)c2)C2=C(C(=O)[C@H](C(=O)OC)[C@H](c3ccc(OC)cc3)C2)[C@H]1c1ccccc1Cl. The van der Waals surface area contributed by atoms with Gasteiger partial charge in [-0.05, 0) is 53.9 Å². The van der Waals surface area contributed by atoms with Gasteiger partial charge in [-0.15, -0.1) is 0 Å². The Balaban J connectivity index is 1.83. The summed E-state index contributed by atoms with van der Waals surface area (Å²) in [5.74, 6) is -5.08. The second-order valence-electron chi connectivity index (χ2n) is 9.87. The minimum absolute atomic E-state index is 0.0473. The summed E-state index contributed by atoms with van der Waals surface area (Å²) in [4.78, 5) is 42.8. The van der Waals surface area contributed by atoms with Crippen molar-refractivity contribution in [3.63, 3.8) is 0 Å². The van der Waals surface area contributed by atoms with Gasteiger partial charge in [-0.25, -0.2) is 9.18 Å². The molecule has 0 fully saturated rings. The Hall–Kier alpha value is -4.63. The van der Waals surface area contributed by atoms with E-state index in [2.05, 4.69) is 0 Å². The number of halogens is 2. The standard InChI is InChI=1S/C32H28ClFN2O6/c1-40-20-13-11-17(12-14-20)22-16-24-27(29(37)26(22)31(38)41-2)25(21-9-4-5-10-23(21)33)28(32(39)42-3)30(35)36(24)19-8-6-7-18(34)15-19/h4-15,22,25-26H,16,35H2,1-3H3/t22-,25+,26+/m0/s1. The van der Waals surface area contributed by atoms with Crippen LogP contribution in [0.3, 0.4) is 0 Å². The van der Waals surface area contributed by atoms with Crippen molar-refractivity contribution < 1.29 is 33.0 Å². The zero-order valence-corrected chi connectivity index (χ0v) is 23.9. The first-order chi connectivity index (χ1) is 20.2. The number of hydrogen-bond acceptors (Lipinski definition) is 8. The van der Waals surface area contributed by atoms with Crippen molar-refractivity contribution in [3.8, 4) is 5.75 Å². The first-order valence-electron chi connectivity index (χ1n) is 13.1. The fourth-order valence-corrected chi connectivity index (χ4v) is 6.07. The molecule has 0 bridgehead atoms. The molecule has 10 heteroatoms. The molecule has 0 saturated heterocycles. The van der Waals surface area contributed by atoms with Crippen molar-refractivity contribution in [2.24, 2.45) is 11.7 Å². The number of carbonyl (C=O) groups excluding carboxylic acids is 3. The molecule has 3 aromatic rings. The molecular weight excluding hydrogens is 563 g/mol. The fraction of sp³-hybridized carbons (Fsp3) is 0.219. The summed E-state index contributed by atoms with van der Waals surface area (Å²) in [6.45, 7) is 0. The first-order valence-corrected chi connectivity index (χ1v) is 13.5. The van der Waals surface area contributed by atoms with Crippen LogP contribution in [0.25, 0.3) is 0 Å². The third-order valence-corrected chi connectivity index (χ3v) is 8.07. The molecule has 0 spiro atoms. The van der Waals surface area contributed by atoms with Gasteiger partial charge in [0.2, 0.25) is 0 Å². The van der Waals surface area contributed by atoms with Crippen LogP contribution in [0.2, 0.25) is 5.02 Å². The molecule has 3 aromatic carbocycles. The van der Waals surface area contributed by atoms with E-state index < -0.39 is 41.3 Å². The Morgan fingerprint density at radius 2 is 1.69 bits per heavy atom. The molecule has 0 unspecified atom stereocenters. The summed E-state index contributed by atoms with van der Waals surface area (Å²) in [7, 11) is 3.95. The minimum Gasteiger partial charge on any atom is -0.497 e. The maximum Gasteiger partial charge on any atom is 0.338 e. The van der Waals surface area contributed by atoms with Crippen LogP contribution in [0.1, 0.15) is 29.4 Å². The fourth-order valence-electron chi connectivity index (χ4n) is 5.83. The molecule has 0 radical (unpaired) electrons. The summed E-state index contributed by atoms with van der Waals surface area (Å²) in [6.07, 6.45) is 0.125. The monoisotopic (exact) mass is 590 g/mol. The summed E-state index contributed by atoms with van der Waals surface area (Å²) < 4.78 is 30.1. The second-order valence-corrected chi connectivity index (χ2v) is 10.3. The van der Waals surface area contributed by atoms with Gasteiger partial charge >= 0.3 is 11.9 Å². The van der Waals surface area contributed by atoms with Crippen molar-refractivity contribution in [1.29, 1.82) is 0 Å². The number of allylic oxidation sites excluding steroid dienone is 2. The molecular formula is C32H28ClFN2O6. The van der Waals surface area contributed by atoms with Gasteiger partial charge in [-0.1, -0.05) is 48.0 Å². The quantitative estimate of drug-likeness (QED) is 0.307. The van der Waals surface area contributed by atoms with E-state index in [-0.39, 0.29) is 34.1 Å². The number of nitrogens with two attached hydrogens (primary N) is 1. The zero-order valence-electron chi connectivity index (χ0n) is 23.1. The van der Waals surface area contributed by atoms with Crippen LogP contribution in [0, 0.1) is 11.7 Å². The number of hydrogen-bond donors (Lipinski definition) is 1. The van der Waals surface area contributed by atoms with Crippen LogP contribution in [-0.4, -0.2) is 39.1 Å². The van der Waals surface area contributed by atoms with Crippen LogP contribution in [0.5, 0.6) is 5.75 Å². The third kappa shape index (κ3) is 4.90. The summed E-state index contributed by atoms with van der Waals surface area (Å²) in [6, 6.07) is 19.4. The Morgan fingerprint density at radius 3 is 2.31 bits per heavy atom. The molecule has 5 rings (SSSR count). The number of rotatable bonds is 6. The largest absolute Gasteiger partial charge is 0.497 e. The summed E-state index contributed by atoms with van der Waals surface area (Å²) in [5, 5.41) is 0.280. The van der Waals surface area contributed by atoms with Crippen LogP contribution in [-0.2, 0) is 23.9 Å². The predicted molar refractivity (Wildman–Crippen MR) is 154 cm³/mol. The number of methoxy groups -OCH3 is 3. The molecule has 0 amide bonds. The molecule has 1 heterocycles. The lowest BCUT2D eigenvalue weighted by Gasteiger charge is -2.44. The highest BCUT2D eigenvalue weighted by molar-refractivity contribution is 6.31. The Morgan fingerprint density at radius 1 is 0.976 bits per heavy atom. The zero-order chi connectivity index (χ0) is 30.1. The topological polar surface area (TPSA) is 108 Å². The van der Waals surface area contributed by atoms with Gasteiger partial charge in [0, 0.05) is 22.2 Å². The number of benzene rings is 3. The molecule has 1 aliphatic carbocycles. The van der Waals surface area contributed by atoms with E-state index in [0.717, 1.165) is 0 Å². The van der Waals surface area contributed by atoms with E-state index in [1.165, 1.54) is 44.4 Å². The lowest BCUT2D eigenvalue weighted by atomic mass is 9.67. The minimum atomic E-state index is -1.25. The van der Waals surface area contributed by atoms with Gasteiger partial charge in [0.15, 0.2) is 5.78 Å². The number of esters is 2. The number of ketones is 1. The van der Waals surface area contributed by atoms with Crippen molar-refractivity contribution in [2.75, 3.05) is 26.2 Å². The third-order valence-electron chi connectivity index (χ3n) is 7.73. The number of carbonyl (C=O) groups is 3. The Kier molecular flexibility index (Phi) is 8.04. The average molecular weight is 591 g/mol. The Labute approximate surface area is 247 Å². The van der Waals surface area contributed by atoms with E-state index >= 15 is 0 Å². The van der Waals surface area contributed by atoms with Gasteiger partial charge in [0.05, 0.1) is 38.5 Å². The molecule has 1 aliphatic heterocycles. The molecule has 0 aromatic heterocycles. The number of anilines is 1. The van der Waals surface area contributed by atoms with E-state index in [9.17, 15) is 18.8 Å². The molecule has 0 saturated carbocycles. The number of nitrogens with zero attached hydrogens (tertiary/aromatic N) is 1. The highest BCUT2D eigenvalue weighted by Gasteiger charge is 2.51. The highest BCUT2D eigenvalue weighted by Crippen LogP contribution is 2.52. The van der Waals surface area contributed by atoms with Crippen LogP contribution in [0.15, 0.2) is 95.5 Å². The predicted octanol–water partition coefficient (Wildman–Crippen LogP) is 5.23. The smallest absolute Gasteiger partial charge is 0.338 e.